The van der Waals surface area contributed by atoms with Crippen molar-refractivity contribution in [2.75, 3.05) is 24.7 Å². The van der Waals surface area contributed by atoms with Crippen LogP contribution in [-0.2, 0) is 4.79 Å². The summed E-state index contributed by atoms with van der Waals surface area (Å²) in [6.45, 7) is -0.906. The van der Waals surface area contributed by atoms with E-state index in [4.69, 9.17) is 11.6 Å². The van der Waals surface area contributed by atoms with E-state index in [2.05, 4.69) is 4.98 Å². The molecule has 0 saturated heterocycles. The molecule has 0 N–H and O–H groups in total. The van der Waals surface area contributed by atoms with Gasteiger partial charge in [0.15, 0.2) is 5.70 Å². The Bertz CT molecular complexity index is 694. The topological polar surface area (TPSA) is 36.2 Å². The summed E-state index contributed by atoms with van der Waals surface area (Å²) in [6, 6.07) is 3.51. The van der Waals surface area contributed by atoms with Gasteiger partial charge in [-0.2, -0.15) is 24.9 Å². The van der Waals surface area contributed by atoms with Crippen molar-refractivity contribution in [3.8, 4) is 0 Å². The van der Waals surface area contributed by atoms with E-state index in [1.54, 1.807) is 35.3 Å². The van der Waals surface area contributed by atoms with Gasteiger partial charge in [-0.1, -0.05) is 0 Å². The quantitative estimate of drug-likeness (QED) is 0.349. The molecule has 4 nitrogen and oxygen atoms in total. The van der Waals surface area contributed by atoms with E-state index in [1.165, 1.54) is 4.90 Å². The van der Waals surface area contributed by atoms with E-state index in [0.29, 0.717) is 11.4 Å². The SMILES string of the molecule is O=C(CCSCCC(F)(F)F)N(CCF)C1=C[N+](c2cccnc2)=C1Cl. The largest absolute Gasteiger partial charge is 0.389 e. The smallest absolute Gasteiger partial charge is 0.298 e. The fourth-order valence-electron chi connectivity index (χ4n) is 2.20. The summed E-state index contributed by atoms with van der Waals surface area (Å²) in [5.74, 6) is -0.253. The maximum absolute atomic E-state index is 12.8. The van der Waals surface area contributed by atoms with Gasteiger partial charge in [0.2, 0.25) is 17.8 Å². The van der Waals surface area contributed by atoms with Gasteiger partial charge in [0.05, 0.1) is 19.2 Å². The minimum absolute atomic E-state index is 0.0108. The molecule has 0 bridgehead atoms. The zero-order valence-corrected chi connectivity index (χ0v) is 15.2. The molecule has 1 aromatic heterocycles. The molecule has 2 heterocycles. The van der Waals surface area contributed by atoms with Crippen molar-refractivity contribution in [3.05, 3.63) is 36.4 Å². The lowest BCUT2D eigenvalue weighted by atomic mass is 10.2. The van der Waals surface area contributed by atoms with Crippen molar-refractivity contribution in [3.63, 3.8) is 0 Å². The number of halogens is 5. The fraction of sp³-hybridized carbons (Fsp3) is 0.438. The maximum atomic E-state index is 12.8. The van der Waals surface area contributed by atoms with Gasteiger partial charge in [-0.25, -0.2) is 4.39 Å². The zero-order valence-electron chi connectivity index (χ0n) is 13.7. The van der Waals surface area contributed by atoms with Gasteiger partial charge in [-0.05, 0) is 17.7 Å². The normalized spacial score (nSPS) is 14.1. The third-order valence-corrected chi connectivity index (χ3v) is 4.85. The summed E-state index contributed by atoms with van der Waals surface area (Å²) < 4.78 is 50.7. The molecule has 1 amide bonds. The van der Waals surface area contributed by atoms with Gasteiger partial charge in [-0.15, -0.1) is 4.58 Å². The summed E-state index contributed by atoms with van der Waals surface area (Å²) in [6.07, 6.45) is -0.288. The van der Waals surface area contributed by atoms with E-state index in [-0.39, 0.29) is 35.5 Å². The van der Waals surface area contributed by atoms with Crippen LogP contribution in [-0.4, -0.2) is 56.4 Å². The van der Waals surface area contributed by atoms with E-state index >= 15 is 0 Å². The molecule has 142 valence electrons. The van der Waals surface area contributed by atoms with Crippen LogP contribution in [0.1, 0.15) is 12.8 Å². The molecule has 1 aromatic rings. The predicted molar refractivity (Wildman–Crippen MR) is 93.4 cm³/mol. The van der Waals surface area contributed by atoms with Gasteiger partial charge in [0.25, 0.3) is 0 Å². The Labute approximate surface area is 157 Å². The molecular formula is C16H17ClF4N3OS+. The maximum Gasteiger partial charge on any atom is 0.389 e. The van der Waals surface area contributed by atoms with Crippen LogP contribution in [0, 0.1) is 0 Å². The van der Waals surface area contributed by atoms with E-state index in [0.717, 1.165) is 11.8 Å². The lowest BCUT2D eigenvalue weighted by Gasteiger charge is -2.24. The van der Waals surface area contributed by atoms with Crippen LogP contribution in [0.25, 0.3) is 0 Å². The Kier molecular flexibility index (Phi) is 7.45. The Morgan fingerprint density at radius 2 is 2.12 bits per heavy atom. The van der Waals surface area contributed by atoms with Gasteiger partial charge in [0, 0.05) is 30.2 Å². The summed E-state index contributed by atoms with van der Waals surface area (Å²) >= 11 is 7.26. The Morgan fingerprint density at radius 1 is 1.35 bits per heavy atom. The highest BCUT2D eigenvalue weighted by Gasteiger charge is 2.37. The minimum Gasteiger partial charge on any atom is -0.298 e. The second kappa shape index (κ2) is 9.36. The van der Waals surface area contributed by atoms with Crippen LogP contribution in [0.3, 0.4) is 0 Å². The number of alkyl halides is 4. The summed E-state index contributed by atoms with van der Waals surface area (Å²) in [5.41, 5.74) is 1.09. The molecule has 1 aliphatic rings. The van der Waals surface area contributed by atoms with Crippen LogP contribution in [0.2, 0.25) is 0 Å². The molecule has 0 fully saturated rings. The molecule has 2 rings (SSSR count). The predicted octanol–water partition coefficient (Wildman–Crippen LogP) is 4.09. The van der Waals surface area contributed by atoms with Crippen LogP contribution < -0.4 is 0 Å². The van der Waals surface area contributed by atoms with Gasteiger partial charge in [-0.3, -0.25) is 14.7 Å². The van der Waals surface area contributed by atoms with Gasteiger partial charge in [0.1, 0.15) is 6.67 Å². The van der Waals surface area contributed by atoms with Crippen LogP contribution in [0.15, 0.2) is 36.4 Å². The highest BCUT2D eigenvalue weighted by Crippen LogP contribution is 2.26. The number of rotatable bonds is 9. The fourth-order valence-corrected chi connectivity index (χ4v) is 3.40. The third kappa shape index (κ3) is 5.70. The summed E-state index contributed by atoms with van der Waals surface area (Å²) in [4.78, 5) is 17.5. The Morgan fingerprint density at radius 3 is 2.69 bits per heavy atom. The molecule has 26 heavy (non-hydrogen) atoms. The molecule has 0 atom stereocenters. The van der Waals surface area contributed by atoms with Crippen LogP contribution >= 0.6 is 23.4 Å². The number of hydrogen-bond acceptors (Lipinski definition) is 3. The molecule has 0 spiro atoms. The molecule has 10 heteroatoms. The zero-order chi connectivity index (χ0) is 19.2. The van der Waals surface area contributed by atoms with E-state index < -0.39 is 19.3 Å². The Balaban J connectivity index is 1.90. The second-order valence-electron chi connectivity index (χ2n) is 5.35. The first kappa shape index (κ1) is 20.7. The molecule has 0 radical (unpaired) electrons. The number of amides is 1. The average molecular weight is 411 g/mol. The van der Waals surface area contributed by atoms with Crippen molar-refractivity contribution in [2.45, 2.75) is 19.0 Å². The van der Waals surface area contributed by atoms with Crippen LogP contribution in [0.5, 0.6) is 0 Å². The second-order valence-corrected chi connectivity index (χ2v) is 6.93. The molecule has 0 aliphatic carbocycles. The number of allylic oxidation sites excluding steroid dienone is 1. The number of aromatic nitrogens is 1. The van der Waals surface area contributed by atoms with Gasteiger partial charge >= 0.3 is 11.3 Å². The number of thioether (sulfide) groups is 1. The van der Waals surface area contributed by atoms with E-state index in [1.807, 2.05) is 0 Å². The molecular weight excluding hydrogens is 394 g/mol. The van der Waals surface area contributed by atoms with Crippen molar-refractivity contribution < 1.29 is 26.9 Å². The highest BCUT2D eigenvalue weighted by molar-refractivity contribution is 7.99. The standard InChI is InChI=1S/C16H17ClF4N3OS/c17-15-13(11-24(15)12-2-1-6-22-10-12)23(7-5-18)14(25)3-8-26-9-4-16(19,20)21/h1-2,6,10-11H,3-5,7-9H2/q+1. The number of pyridine rings is 1. The van der Waals surface area contributed by atoms with Crippen molar-refractivity contribution >= 4 is 40.1 Å². The summed E-state index contributed by atoms with van der Waals surface area (Å²) in [7, 11) is 0. The lowest BCUT2D eigenvalue weighted by Crippen LogP contribution is -2.40. The number of nitrogens with zero attached hydrogens (tertiary/aromatic N) is 3. The molecule has 1 aliphatic heterocycles. The van der Waals surface area contributed by atoms with Crippen molar-refractivity contribution in [2.24, 2.45) is 0 Å². The van der Waals surface area contributed by atoms with Crippen molar-refractivity contribution in [1.29, 1.82) is 0 Å². The minimum atomic E-state index is -4.20. The van der Waals surface area contributed by atoms with Crippen LogP contribution in [0.4, 0.5) is 23.2 Å². The van der Waals surface area contributed by atoms with Crippen molar-refractivity contribution in [1.82, 2.24) is 9.88 Å². The molecule has 0 unspecified atom stereocenters. The summed E-state index contributed by atoms with van der Waals surface area (Å²) in [5, 5.41) is 0.268. The molecule has 0 aromatic carbocycles. The lowest BCUT2D eigenvalue weighted by molar-refractivity contribution is -0.373. The first-order valence-corrected chi connectivity index (χ1v) is 9.31. The first-order valence-electron chi connectivity index (χ1n) is 7.78. The van der Waals surface area contributed by atoms with E-state index in [9.17, 15) is 22.4 Å². The monoisotopic (exact) mass is 410 g/mol. The van der Waals surface area contributed by atoms with Gasteiger partial charge < -0.3 is 0 Å². The molecule has 0 saturated carbocycles. The average Bonchev–Trinajstić information content (AvgIpc) is 2.59. The number of hydrogen-bond donors (Lipinski definition) is 0. The number of carbonyl (C=O) groups is 1. The third-order valence-electron chi connectivity index (χ3n) is 3.49. The Hall–Kier alpha value is -1.61. The highest BCUT2D eigenvalue weighted by atomic mass is 35.5. The first-order chi connectivity index (χ1) is 12.3. The number of carbonyl (C=O) groups excluding carboxylic acids is 1.